The zero-order valence-corrected chi connectivity index (χ0v) is 11.1. The molecule has 1 atom stereocenters. The number of rotatable bonds is 5. The Morgan fingerprint density at radius 2 is 2.24 bits per heavy atom. The monoisotopic (exact) mass is 258 g/mol. The Hall–Kier alpha value is -0.980. The van der Waals surface area contributed by atoms with Crippen molar-refractivity contribution >= 4 is 17.2 Å². The van der Waals surface area contributed by atoms with Crippen LogP contribution in [0.2, 0.25) is 0 Å². The third kappa shape index (κ3) is 3.49. The normalized spacial score (nSPS) is 12.5. The predicted molar refractivity (Wildman–Crippen MR) is 66.3 cm³/mol. The first-order valence-corrected chi connectivity index (χ1v) is 6.31. The average molecular weight is 258 g/mol. The highest BCUT2D eigenvalue weighted by Gasteiger charge is 2.20. The molecule has 5 nitrogen and oxygen atoms in total. The lowest BCUT2D eigenvalue weighted by Gasteiger charge is -2.19. The van der Waals surface area contributed by atoms with E-state index >= 15 is 0 Å². The lowest BCUT2D eigenvalue weighted by atomic mass is 10.2. The molecule has 0 fully saturated rings. The molecule has 1 heterocycles. The number of likely N-dealkylation sites (N-methyl/N-ethyl adjacent to an activating group) is 1. The van der Waals surface area contributed by atoms with Crippen molar-refractivity contribution in [3.8, 4) is 0 Å². The predicted octanol–water partition coefficient (Wildman–Crippen LogP) is 0.439. The second-order valence-electron chi connectivity index (χ2n) is 3.88. The Morgan fingerprint density at radius 3 is 2.76 bits per heavy atom. The molecule has 6 heteroatoms. The molecule has 0 radical (unpaired) electrons. The molecular weight excluding hydrogens is 240 g/mol. The van der Waals surface area contributed by atoms with Gasteiger partial charge >= 0.3 is 0 Å². The Labute approximate surface area is 105 Å². The number of thiazole rings is 1. The summed E-state index contributed by atoms with van der Waals surface area (Å²) < 4.78 is 0. The van der Waals surface area contributed by atoms with E-state index in [9.17, 15) is 9.90 Å². The molecule has 0 saturated carbocycles. The van der Waals surface area contributed by atoms with Gasteiger partial charge in [0.15, 0.2) is 0 Å². The van der Waals surface area contributed by atoms with Crippen molar-refractivity contribution in [2.75, 3.05) is 20.2 Å². The van der Waals surface area contributed by atoms with Gasteiger partial charge in [0.1, 0.15) is 4.88 Å². The van der Waals surface area contributed by atoms with E-state index in [0.29, 0.717) is 11.3 Å². The molecule has 2 N–H and O–H groups in total. The smallest absolute Gasteiger partial charge is 0.265 e. The number of aliphatic hydroxyl groups excluding tert-OH is 2. The Kier molecular flexibility index (Phi) is 5.04. The van der Waals surface area contributed by atoms with E-state index in [0.717, 1.165) is 10.7 Å². The van der Waals surface area contributed by atoms with Crippen molar-refractivity contribution in [2.24, 2.45) is 0 Å². The maximum Gasteiger partial charge on any atom is 0.265 e. The second kappa shape index (κ2) is 6.09. The second-order valence-corrected chi connectivity index (χ2v) is 5.09. The number of amides is 1. The van der Waals surface area contributed by atoms with Crippen LogP contribution in [-0.2, 0) is 6.42 Å². The largest absolute Gasteiger partial charge is 0.394 e. The molecule has 1 aromatic rings. The van der Waals surface area contributed by atoms with Gasteiger partial charge in [-0.25, -0.2) is 4.98 Å². The molecule has 1 amide bonds. The van der Waals surface area contributed by atoms with Crippen LogP contribution >= 0.6 is 11.3 Å². The van der Waals surface area contributed by atoms with Gasteiger partial charge in [-0.15, -0.1) is 11.3 Å². The highest BCUT2D eigenvalue weighted by molar-refractivity contribution is 7.13. The number of nitrogens with zero attached hydrogens (tertiary/aromatic N) is 2. The zero-order valence-electron chi connectivity index (χ0n) is 10.3. The van der Waals surface area contributed by atoms with E-state index in [4.69, 9.17) is 5.11 Å². The van der Waals surface area contributed by atoms with Gasteiger partial charge in [0.2, 0.25) is 0 Å². The zero-order chi connectivity index (χ0) is 13.0. The van der Waals surface area contributed by atoms with Crippen molar-refractivity contribution in [3.05, 3.63) is 15.6 Å². The minimum Gasteiger partial charge on any atom is -0.394 e. The molecule has 96 valence electrons. The molecule has 0 aliphatic carbocycles. The molecule has 0 aromatic carbocycles. The summed E-state index contributed by atoms with van der Waals surface area (Å²) in [7, 11) is 1.61. The molecule has 0 aliphatic heterocycles. The summed E-state index contributed by atoms with van der Waals surface area (Å²) in [6, 6.07) is 0. The van der Waals surface area contributed by atoms with E-state index in [1.165, 1.54) is 16.2 Å². The number of carbonyl (C=O) groups is 1. The molecule has 17 heavy (non-hydrogen) atoms. The van der Waals surface area contributed by atoms with Gasteiger partial charge in [0.05, 0.1) is 23.4 Å². The molecule has 1 aromatic heterocycles. The topological polar surface area (TPSA) is 73.7 Å². The maximum absolute atomic E-state index is 12.1. The van der Waals surface area contributed by atoms with Crippen molar-refractivity contribution in [1.82, 2.24) is 9.88 Å². The number of aryl methyl sites for hydroxylation is 2. The summed E-state index contributed by atoms with van der Waals surface area (Å²) in [4.78, 5) is 18.4. The lowest BCUT2D eigenvalue weighted by molar-refractivity contribution is 0.0522. The fourth-order valence-electron chi connectivity index (χ4n) is 1.51. The van der Waals surface area contributed by atoms with Crippen LogP contribution in [0.5, 0.6) is 0 Å². The van der Waals surface area contributed by atoms with Gasteiger partial charge in [-0.3, -0.25) is 4.79 Å². The highest BCUT2D eigenvalue weighted by atomic mass is 32.1. The maximum atomic E-state index is 12.1. The summed E-state index contributed by atoms with van der Waals surface area (Å²) in [5, 5.41) is 18.9. The van der Waals surface area contributed by atoms with Gasteiger partial charge in [-0.2, -0.15) is 0 Å². The Morgan fingerprint density at radius 1 is 1.59 bits per heavy atom. The number of aromatic nitrogens is 1. The third-order valence-corrected chi connectivity index (χ3v) is 3.38. The van der Waals surface area contributed by atoms with Crippen LogP contribution < -0.4 is 0 Å². The first kappa shape index (κ1) is 14.1. The van der Waals surface area contributed by atoms with Gasteiger partial charge in [0.25, 0.3) is 5.91 Å². The number of carbonyl (C=O) groups excluding carboxylic acids is 1. The van der Waals surface area contributed by atoms with Crippen molar-refractivity contribution in [2.45, 2.75) is 26.4 Å². The van der Waals surface area contributed by atoms with Gasteiger partial charge < -0.3 is 15.1 Å². The van der Waals surface area contributed by atoms with Crippen molar-refractivity contribution < 1.29 is 15.0 Å². The quantitative estimate of drug-likeness (QED) is 0.803. The van der Waals surface area contributed by atoms with Crippen molar-refractivity contribution in [1.29, 1.82) is 0 Å². The SMILES string of the molecule is CCc1nc(C)sc1C(=O)N(C)C[C@@H](O)CO. The fraction of sp³-hybridized carbons (Fsp3) is 0.636. The average Bonchev–Trinajstić information content (AvgIpc) is 2.69. The van der Waals surface area contributed by atoms with Crippen molar-refractivity contribution in [3.63, 3.8) is 0 Å². The van der Waals surface area contributed by atoms with Crippen LogP contribution in [0.15, 0.2) is 0 Å². The molecule has 0 spiro atoms. The number of hydrogen-bond donors (Lipinski definition) is 2. The highest BCUT2D eigenvalue weighted by Crippen LogP contribution is 2.20. The van der Waals surface area contributed by atoms with E-state index in [2.05, 4.69) is 4.98 Å². The van der Waals surface area contributed by atoms with E-state index in [1.807, 2.05) is 13.8 Å². The Balaban J connectivity index is 2.81. The third-order valence-electron chi connectivity index (χ3n) is 2.38. The van der Waals surface area contributed by atoms with Crippen LogP contribution in [0.1, 0.15) is 27.3 Å². The lowest BCUT2D eigenvalue weighted by Crippen LogP contribution is -2.35. The summed E-state index contributed by atoms with van der Waals surface area (Å²) in [5.74, 6) is -0.153. The summed E-state index contributed by atoms with van der Waals surface area (Å²) in [5.41, 5.74) is 0.794. The van der Waals surface area contributed by atoms with Crippen LogP contribution in [0.3, 0.4) is 0 Å². The van der Waals surface area contributed by atoms with Gasteiger partial charge in [-0.1, -0.05) is 6.92 Å². The standard InChI is InChI=1S/C11H18N2O3S/c1-4-9-10(17-7(2)12-9)11(16)13(3)5-8(15)6-14/h8,14-15H,4-6H2,1-3H3/t8-/m1/s1. The summed E-state index contributed by atoms with van der Waals surface area (Å²) >= 11 is 1.36. The molecule has 0 bridgehead atoms. The molecule has 1 rings (SSSR count). The van der Waals surface area contributed by atoms with E-state index < -0.39 is 6.10 Å². The Bertz CT molecular complexity index is 392. The molecular formula is C11H18N2O3S. The van der Waals surface area contributed by atoms with Crippen LogP contribution in [0.25, 0.3) is 0 Å². The van der Waals surface area contributed by atoms with Crippen LogP contribution in [0.4, 0.5) is 0 Å². The number of aliphatic hydroxyl groups is 2. The summed E-state index contributed by atoms with van der Waals surface area (Å²) in [6.45, 7) is 3.59. The number of hydrogen-bond acceptors (Lipinski definition) is 5. The first-order chi connectivity index (χ1) is 7.99. The van der Waals surface area contributed by atoms with Crippen LogP contribution in [0, 0.1) is 6.92 Å². The van der Waals surface area contributed by atoms with Gasteiger partial charge in [0, 0.05) is 13.6 Å². The van der Waals surface area contributed by atoms with Crippen LogP contribution in [-0.4, -0.2) is 52.3 Å². The molecule has 0 unspecified atom stereocenters. The molecule has 0 aliphatic rings. The molecule has 0 saturated heterocycles. The summed E-state index contributed by atoms with van der Waals surface area (Å²) in [6.07, 6.45) is -0.190. The van der Waals surface area contributed by atoms with E-state index in [-0.39, 0.29) is 19.1 Å². The first-order valence-electron chi connectivity index (χ1n) is 5.50. The minimum absolute atomic E-state index is 0.120. The fourth-order valence-corrected chi connectivity index (χ4v) is 2.51. The van der Waals surface area contributed by atoms with E-state index in [1.54, 1.807) is 7.05 Å². The minimum atomic E-state index is -0.900. The van der Waals surface area contributed by atoms with Gasteiger partial charge in [-0.05, 0) is 13.3 Å².